The van der Waals surface area contributed by atoms with Gasteiger partial charge in [0.2, 0.25) is 5.76 Å². The third-order valence-electron chi connectivity index (χ3n) is 3.87. The maximum Gasteiger partial charge on any atom is 0.375 e. The molecular formula is C15H20BrNO4. The Morgan fingerprint density at radius 3 is 2.71 bits per heavy atom. The number of amides is 1. The van der Waals surface area contributed by atoms with E-state index in [-0.39, 0.29) is 17.7 Å². The molecule has 1 amide bonds. The molecule has 0 unspecified atom stereocenters. The molecule has 1 N–H and O–H groups in total. The summed E-state index contributed by atoms with van der Waals surface area (Å²) in [5.41, 5.74) is 0. The van der Waals surface area contributed by atoms with Crippen molar-refractivity contribution in [3.8, 4) is 0 Å². The largest absolute Gasteiger partial charge is 0.447 e. The van der Waals surface area contributed by atoms with Gasteiger partial charge in [-0.1, -0.05) is 19.8 Å². The van der Waals surface area contributed by atoms with Gasteiger partial charge in [0.05, 0.1) is 0 Å². The highest BCUT2D eigenvalue weighted by atomic mass is 79.9. The number of ether oxygens (including phenoxy) is 1. The molecule has 0 aliphatic heterocycles. The van der Waals surface area contributed by atoms with Crippen LogP contribution in [0.25, 0.3) is 0 Å². The molecule has 0 spiro atoms. The number of carbonyl (C=O) groups is 2. The van der Waals surface area contributed by atoms with Gasteiger partial charge in [0.1, 0.15) is 0 Å². The van der Waals surface area contributed by atoms with E-state index < -0.39 is 12.1 Å². The zero-order chi connectivity index (χ0) is 15.4. The fourth-order valence-corrected chi connectivity index (χ4v) is 2.83. The molecule has 1 aromatic rings. The maximum absolute atomic E-state index is 12.1. The molecule has 1 saturated carbocycles. The number of hydrogen-bond donors (Lipinski definition) is 1. The van der Waals surface area contributed by atoms with E-state index in [1.54, 1.807) is 13.0 Å². The summed E-state index contributed by atoms with van der Waals surface area (Å²) in [4.78, 5) is 23.9. The van der Waals surface area contributed by atoms with Crippen LogP contribution in [0, 0.1) is 5.92 Å². The second-order valence-corrected chi connectivity index (χ2v) is 6.31. The standard InChI is InChI=1S/C15H20BrNO4/c1-9-5-3-4-6-11(9)17-14(18)10(2)20-15(19)12-7-8-13(16)21-12/h7-11H,3-6H2,1-2H3,(H,17,18)/t9-,10+,11+/m0/s1. The van der Waals surface area contributed by atoms with Crippen molar-refractivity contribution in [3.05, 3.63) is 22.6 Å². The van der Waals surface area contributed by atoms with Crippen LogP contribution in [0.4, 0.5) is 0 Å². The number of carbonyl (C=O) groups excluding carboxylic acids is 2. The number of furan rings is 1. The molecule has 1 aliphatic rings. The number of rotatable bonds is 4. The lowest BCUT2D eigenvalue weighted by Crippen LogP contribution is -2.45. The number of nitrogens with one attached hydrogen (secondary N) is 1. The van der Waals surface area contributed by atoms with Crippen LogP contribution in [0.1, 0.15) is 50.1 Å². The van der Waals surface area contributed by atoms with Crippen LogP contribution in [0.5, 0.6) is 0 Å². The molecule has 1 aliphatic carbocycles. The lowest BCUT2D eigenvalue weighted by molar-refractivity contribution is -0.130. The molecule has 2 rings (SSSR count). The Morgan fingerprint density at radius 2 is 2.10 bits per heavy atom. The van der Waals surface area contributed by atoms with Crippen molar-refractivity contribution in [1.82, 2.24) is 5.32 Å². The van der Waals surface area contributed by atoms with Crippen molar-refractivity contribution >= 4 is 27.8 Å². The summed E-state index contributed by atoms with van der Waals surface area (Å²) in [7, 11) is 0. The smallest absolute Gasteiger partial charge is 0.375 e. The maximum atomic E-state index is 12.1. The minimum Gasteiger partial charge on any atom is -0.447 e. The van der Waals surface area contributed by atoms with Crippen LogP contribution in [0.2, 0.25) is 0 Å². The summed E-state index contributed by atoms with van der Waals surface area (Å²) < 4.78 is 10.7. The first kappa shape index (κ1) is 16.1. The Morgan fingerprint density at radius 1 is 1.38 bits per heavy atom. The topological polar surface area (TPSA) is 68.5 Å². The van der Waals surface area contributed by atoms with Crippen molar-refractivity contribution in [2.75, 3.05) is 0 Å². The Balaban J connectivity index is 1.86. The van der Waals surface area contributed by atoms with Crippen LogP contribution in [0.3, 0.4) is 0 Å². The third-order valence-corrected chi connectivity index (χ3v) is 4.29. The van der Waals surface area contributed by atoms with Gasteiger partial charge in [-0.05, 0) is 53.7 Å². The Hall–Kier alpha value is -1.30. The van der Waals surface area contributed by atoms with Gasteiger partial charge in [-0.2, -0.15) is 0 Å². The second-order valence-electron chi connectivity index (χ2n) is 5.53. The quantitative estimate of drug-likeness (QED) is 0.839. The molecular weight excluding hydrogens is 338 g/mol. The summed E-state index contributed by atoms with van der Waals surface area (Å²) in [5, 5.41) is 2.97. The molecule has 116 valence electrons. The second kappa shape index (κ2) is 7.11. The molecule has 0 aromatic carbocycles. The molecule has 6 heteroatoms. The average molecular weight is 358 g/mol. The molecule has 1 heterocycles. The molecule has 1 fully saturated rings. The highest BCUT2D eigenvalue weighted by Gasteiger charge is 2.27. The minimum atomic E-state index is -0.837. The predicted molar refractivity (Wildman–Crippen MR) is 80.8 cm³/mol. The summed E-state index contributed by atoms with van der Waals surface area (Å²) in [6.07, 6.45) is 3.61. The zero-order valence-electron chi connectivity index (χ0n) is 12.2. The van der Waals surface area contributed by atoms with E-state index in [1.165, 1.54) is 12.5 Å². The first-order chi connectivity index (χ1) is 9.97. The fourth-order valence-electron chi connectivity index (χ4n) is 2.53. The highest BCUT2D eigenvalue weighted by Crippen LogP contribution is 2.24. The minimum absolute atomic E-state index is 0.0764. The number of esters is 1. The van der Waals surface area contributed by atoms with Crippen LogP contribution < -0.4 is 5.32 Å². The van der Waals surface area contributed by atoms with Crippen molar-refractivity contribution in [3.63, 3.8) is 0 Å². The predicted octanol–water partition coefficient (Wildman–Crippen LogP) is 3.28. The summed E-state index contributed by atoms with van der Waals surface area (Å²) in [5.74, 6) is -0.355. The van der Waals surface area contributed by atoms with Crippen molar-refractivity contribution in [2.24, 2.45) is 5.92 Å². The van der Waals surface area contributed by atoms with Gasteiger partial charge in [-0.3, -0.25) is 4.79 Å². The van der Waals surface area contributed by atoms with Crippen LogP contribution in [-0.4, -0.2) is 24.0 Å². The van der Waals surface area contributed by atoms with Gasteiger partial charge in [-0.25, -0.2) is 4.79 Å². The molecule has 3 atom stereocenters. The SMILES string of the molecule is C[C@@H](OC(=O)c1ccc(Br)o1)C(=O)N[C@@H]1CCCC[C@@H]1C. The fraction of sp³-hybridized carbons (Fsp3) is 0.600. The molecule has 0 bridgehead atoms. The summed E-state index contributed by atoms with van der Waals surface area (Å²) >= 11 is 3.11. The first-order valence-electron chi connectivity index (χ1n) is 7.24. The number of hydrogen-bond acceptors (Lipinski definition) is 4. The molecule has 0 saturated heterocycles. The van der Waals surface area contributed by atoms with E-state index in [0.29, 0.717) is 10.6 Å². The van der Waals surface area contributed by atoms with Crippen LogP contribution >= 0.6 is 15.9 Å². The van der Waals surface area contributed by atoms with Gasteiger partial charge in [-0.15, -0.1) is 0 Å². The van der Waals surface area contributed by atoms with Gasteiger partial charge in [0.15, 0.2) is 10.8 Å². The van der Waals surface area contributed by atoms with E-state index in [0.717, 1.165) is 19.3 Å². The van der Waals surface area contributed by atoms with Gasteiger partial charge >= 0.3 is 5.97 Å². The number of halogens is 1. The van der Waals surface area contributed by atoms with Crippen molar-refractivity contribution < 1.29 is 18.7 Å². The Bertz CT molecular complexity index is 514. The zero-order valence-corrected chi connectivity index (χ0v) is 13.8. The van der Waals surface area contributed by atoms with E-state index in [2.05, 4.69) is 28.2 Å². The van der Waals surface area contributed by atoms with Gasteiger partial charge in [0.25, 0.3) is 5.91 Å². The lowest BCUT2D eigenvalue weighted by atomic mass is 9.86. The third kappa shape index (κ3) is 4.33. The van der Waals surface area contributed by atoms with Crippen molar-refractivity contribution in [1.29, 1.82) is 0 Å². The molecule has 5 nitrogen and oxygen atoms in total. The Labute approximate surface area is 132 Å². The van der Waals surface area contributed by atoms with Gasteiger partial charge < -0.3 is 14.5 Å². The molecule has 1 aromatic heterocycles. The van der Waals surface area contributed by atoms with Gasteiger partial charge in [0, 0.05) is 6.04 Å². The Kier molecular flexibility index (Phi) is 5.45. The monoisotopic (exact) mass is 357 g/mol. The van der Waals surface area contributed by atoms with Crippen molar-refractivity contribution in [2.45, 2.75) is 51.7 Å². The molecule has 21 heavy (non-hydrogen) atoms. The van der Waals surface area contributed by atoms with E-state index in [4.69, 9.17) is 9.15 Å². The summed E-state index contributed by atoms with van der Waals surface area (Å²) in [6, 6.07) is 3.27. The lowest BCUT2D eigenvalue weighted by Gasteiger charge is -2.30. The average Bonchev–Trinajstić information content (AvgIpc) is 2.88. The van der Waals surface area contributed by atoms with Crippen LogP contribution in [-0.2, 0) is 9.53 Å². The van der Waals surface area contributed by atoms with E-state index in [9.17, 15) is 9.59 Å². The molecule has 0 radical (unpaired) electrons. The highest BCUT2D eigenvalue weighted by molar-refractivity contribution is 9.10. The normalized spacial score (nSPS) is 23.4. The van der Waals surface area contributed by atoms with Crippen LogP contribution in [0.15, 0.2) is 21.2 Å². The summed E-state index contributed by atoms with van der Waals surface area (Å²) in [6.45, 7) is 3.71. The van der Waals surface area contributed by atoms with E-state index >= 15 is 0 Å². The van der Waals surface area contributed by atoms with E-state index in [1.807, 2.05) is 0 Å². The first-order valence-corrected chi connectivity index (χ1v) is 8.03.